The Kier molecular flexibility index (Phi) is 9.71. The number of alkyl carbamates (subject to hydrolysis) is 1. The topological polar surface area (TPSA) is 143 Å². The van der Waals surface area contributed by atoms with Crippen LogP contribution in [-0.4, -0.2) is 54.5 Å². The maximum Gasteiger partial charge on any atom is 0.407 e. The molecule has 0 aromatic carbocycles. The van der Waals surface area contributed by atoms with Crippen LogP contribution in [0.4, 0.5) is 9.59 Å². The van der Waals surface area contributed by atoms with Crippen LogP contribution in [0.3, 0.4) is 0 Å². The number of carbonyl (C=O) groups excluding carboxylic acids is 2. The quantitative estimate of drug-likeness (QED) is 0.387. The molecule has 0 unspecified atom stereocenters. The highest BCUT2D eigenvalue weighted by atomic mass is 16.6. The lowest BCUT2D eigenvalue weighted by molar-refractivity contribution is -0.121. The molecule has 0 spiro atoms. The lowest BCUT2D eigenvalue weighted by atomic mass is 10.1. The monoisotopic (exact) mass is 332 g/mol. The third kappa shape index (κ3) is 14.7. The van der Waals surface area contributed by atoms with Crippen LogP contribution in [0.2, 0.25) is 0 Å². The van der Waals surface area contributed by atoms with Gasteiger partial charge < -0.3 is 31.5 Å². The van der Waals surface area contributed by atoms with E-state index in [1.807, 2.05) is 0 Å². The predicted molar refractivity (Wildman–Crippen MR) is 85.1 cm³/mol. The number of hydrogen-bond acceptors (Lipinski definition) is 5. The smallest absolute Gasteiger partial charge is 0.407 e. The van der Waals surface area contributed by atoms with E-state index < -0.39 is 17.8 Å². The van der Waals surface area contributed by atoms with Crippen molar-refractivity contribution in [3.8, 4) is 0 Å². The standard InChI is InChI=1S/C14H28N4O5/c1-14(2,3)23-13(22)18-8-7-16-11(19)9-10(15)5-4-6-17-12(20)21/h10,17H,4-9,15H2,1-3H3,(H,16,19)(H,18,22)(H,20,21)/t10-/m0/s1. The average molecular weight is 332 g/mol. The Morgan fingerprint density at radius 1 is 1.09 bits per heavy atom. The van der Waals surface area contributed by atoms with Gasteiger partial charge >= 0.3 is 12.2 Å². The maximum atomic E-state index is 11.6. The zero-order chi connectivity index (χ0) is 17.9. The van der Waals surface area contributed by atoms with Gasteiger partial charge in [0.25, 0.3) is 0 Å². The largest absolute Gasteiger partial charge is 0.465 e. The van der Waals surface area contributed by atoms with Crippen molar-refractivity contribution < 1.29 is 24.2 Å². The maximum absolute atomic E-state index is 11.6. The van der Waals surface area contributed by atoms with Gasteiger partial charge in [-0.1, -0.05) is 0 Å². The molecule has 0 rings (SSSR count). The minimum Gasteiger partial charge on any atom is -0.465 e. The van der Waals surface area contributed by atoms with Crippen molar-refractivity contribution >= 4 is 18.1 Å². The molecule has 0 heterocycles. The molecule has 0 bridgehead atoms. The molecule has 0 aliphatic carbocycles. The van der Waals surface area contributed by atoms with Crippen LogP contribution < -0.4 is 21.7 Å². The number of amides is 3. The summed E-state index contributed by atoms with van der Waals surface area (Å²) in [6.07, 6.45) is -0.340. The van der Waals surface area contributed by atoms with Gasteiger partial charge in [0.15, 0.2) is 0 Å². The third-order valence-electron chi connectivity index (χ3n) is 2.59. The van der Waals surface area contributed by atoms with Crippen molar-refractivity contribution in [1.82, 2.24) is 16.0 Å². The van der Waals surface area contributed by atoms with Crippen LogP contribution in [0.25, 0.3) is 0 Å². The molecule has 0 aliphatic heterocycles. The Balaban J connectivity index is 3.66. The summed E-state index contributed by atoms with van der Waals surface area (Å²) >= 11 is 0. The first-order chi connectivity index (χ1) is 10.6. The van der Waals surface area contributed by atoms with Gasteiger partial charge in [-0.2, -0.15) is 0 Å². The average Bonchev–Trinajstić information content (AvgIpc) is 2.37. The fourth-order valence-electron chi connectivity index (χ4n) is 1.65. The van der Waals surface area contributed by atoms with E-state index in [4.69, 9.17) is 15.6 Å². The van der Waals surface area contributed by atoms with Gasteiger partial charge in [0, 0.05) is 32.1 Å². The predicted octanol–water partition coefficient (Wildman–Crippen LogP) is 0.393. The van der Waals surface area contributed by atoms with Gasteiger partial charge in [-0.3, -0.25) is 4.79 Å². The molecule has 0 aromatic rings. The summed E-state index contributed by atoms with van der Waals surface area (Å²) in [4.78, 5) is 33.2. The highest BCUT2D eigenvalue weighted by Crippen LogP contribution is 2.06. The molecule has 9 heteroatoms. The summed E-state index contributed by atoms with van der Waals surface area (Å²) in [6, 6.07) is -0.329. The van der Waals surface area contributed by atoms with E-state index in [1.54, 1.807) is 20.8 Å². The molecule has 0 aromatic heterocycles. The Hall–Kier alpha value is -2.03. The summed E-state index contributed by atoms with van der Waals surface area (Å²) in [7, 11) is 0. The molecular weight excluding hydrogens is 304 g/mol. The first kappa shape index (κ1) is 21.0. The second-order valence-electron chi connectivity index (χ2n) is 6.12. The zero-order valence-corrected chi connectivity index (χ0v) is 14.0. The van der Waals surface area contributed by atoms with Crippen molar-refractivity contribution in [1.29, 1.82) is 0 Å². The minimum absolute atomic E-state index is 0.152. The highest BCUT2D eigenvalue weighted by molar-refractivity contribution is 5.76. The van der Waals surface area contributed by atoms with Gasteiger partial charge in [0.2, 0.25) is 5.91 Å². The van der Waals surface area contributed by atoms with Crippen molar-refractivity contribution in [3.05, 3.63) is 0 Å². The molecule has 3 amide bonds. The zero-order valence-electron chi connectivity index (χ0n) is 14.0. The summed E-state index contributed by atoms with van der Waals surface area (Å²) < 4.78 is 5.05. The normalized spacial score (nSPS) is 12.2. The second-order valence-corrected chi connectivity index (χ2v) is 6.12. The number of carboxylic acid groups (broad SMARTS) is 1. The van der Waals surface area contributed by atoms with Crippen LogP contribution in [0, 0.1) is 0 Å². The van der Waals surface area contributed by atoms with Crippen LogP contribution in [0.5, 0.6) is 0 Å². The summed E-state index contributed by atoms with van der Waals surface area (Å²) in [5.41, 5.74) is 5.23. The SMILES string of the molecule is CC(C)(C)OC(=O)NCCNC(=O)C[C@@H](N)CCCNC(=O)O. The van der Waals surface area contributed by atoms with Crippen molar-refractivity contribution in [2.24, 2.45) is 5.73 Å². The Labute approximate surface area is 136 Å². The number of carbonyl (C=O) groups is 3. The molecule has 9 nitrogen and oxygen atoms in total. The fourth-order valence-corrected chi connectivity index (χ4v) is 1.65. The molecule has 0 saturated carbocycles. The van der Waals surface area contributed by atoms with Crippen LogP contribution in [-0.2, 0) is 9.53 Å². The lowest BCUT2D eigenvalue weighted by Crippen LogP contribution is -2.39. The van der Waals surface area contributed by atoms with E-state index in [9.17, 15) is 14.4 Å². The van der Waals surface area contributed by atoms with Crippen LogP contribution >= 0.6 is 0 Å². The summed E-state index contributed by atoms with van der Waals surface area (Å²) in [5.74, 6) is -0.213. The fraction of sp³-hybridized carbons (Fsp3) is 0.786. The molecule has 0 radical (unpaired) electrons. The minimum atomic E-state index is -1.08. The van der Waals surface area contributed by atoms with E-state index in [1.165, 1.54) is 0 Å². The Morgan fingerprint density at radius 2 is 1.70 bits per heavy atom. The van der Waals surface area contributed by atoms with Gasteiger partial charge in [-0.25, -0.2) is 9.59 Å². The lowest BCUT2D eigenvalue weighted by Gasteiger charge is -2.19. The third-order valence-corrected chi connectivity index (χ3v) is 2.59. The first-order valence-corrected chi connectivity index (χ1v) is 7.56. The number of nitrogens with two attached hydrogens (primary N) is 1. The number of ether oxygens (including phenoxy) is 1. The summed E-state index contributed by atoms with van der Waals surface area (Å²) in [5, 5.41) is 15.8. The van der Waals surface area contributed by atoms with Crippen LogP contribution in [0.15, 0.2) is 0 Å². The van der Waals surface area contributed by atoms with Crippen molar-refractivity contribution in [3.63, 3.8) is 0 Å². The molecule has 0 aliphatic rings. The molecular formula is C14H28N4O5. The Morgan fingerprint density at radius 3 is 2.26 bits per heavy atom. The van der Waals surface area contributed by atoms with Gasteiger partial charge in [-0.15, -0.1) is 0 Å². The van der Waals surface area contributed by atoms with Gasteiger partial charge in [0.1, 0.15) is 5.60 Å². The van der Waals surface area contributed by atoms with Crippen molar-refractivity contribution in [2.45, 2.75) is 51.7 Å². The van der Waals surface area contributed by atoms with Crippen molar-refractivity contribution in [2.75, 3.05) is 19.6 Å². The van der Waals surface area contributed by atoms with E-state index in [-0.39, 0.29) is 31.5 Å². The number of nitrogens with one attached hydrogen (secondary N) is 3. The van der Waals surface area contributed by atoms with Gasteiger partial charge in [-0.05, 0) is 33.6 Å². The second kappa shape index (κ2) is 10.7. The molecule has 134 valence electrons. The highest BCUT2D eigenvalue weighted by Gasteiger charge is 2.15. The van der Waals surface area contributed by atoms with E-state index in [2.05, 4.69) is 16.0 Å². The van der Waals surface area contributed by atoms with E-state index in [0.29, 0.717) is 19.4 Å². The van der Waals surface area contributed by atoms with E-state index >= 15 is 0 Å². The number of rotatable bonds is 9. The van der Waals surface area contributed by atoms with Gasteiger partial charge in [0.05, 0.1) is 0 Å². The van der Waals surface area contributed by atoms with Crippen LogP contribution in [0.1, 0.15) is 40.0 Å². The molecule has 0 saturated heterocycles. The summed E-state index contributed by atoms with van der Waals surface area (Å²) in [6.45, 7) is 6.15. The molecule has 0 fully saturated rings. The van der Waals surface area contributed by atoms with E-state index in [0.717, 1.165) is 0 Å². The molecule has 23 heavy (non-hydrogen) atoms. The number of hydrogen-bond donors (Lipinski definition) is 5. The molecule has 1 atom stereocenters. The first-order valence-electron chi connectivity index (χ1n) is 7.56. The Bertz CT molecular complexity index is 395. The molecule has 6 N–H and O–H groups in total.